The summed E-state index contributed by atoms with van der Waals surface area (Å²) in [6.45, 7) is 0. The Balaban J connectivity index is 2.86. The average molecular weight is 182 g/mol. The van der Waals surface area contributed by atoms with Gasteiger partial charge in [-0.05, 0) is 17.7 Å². The molecule has 2 nitrogen and oxygen atoms in total. The van der Waals surface area contributed by atoms with E-state index in [4.69, 9.17) is 21.6 Å². The van der Waals surface area contributed by atoms with E-state index in [1.54, 1.807) is 31.4 Å². The van der Waals surface area contributed by atoms with Crippen LogP contribution in [-0.2, 0) is 0 Å². The molecule has 12 heavy (non-hydrogen) atoms. The van der Waals surface area contributed by atoms with Gasteiger partial charge in [0.25, 0.3) is 0 Å². The van der Waals surface area contributed by atoms with Crippen LogP contribution in [0.15, 0.2) is 24.3 Å². The predicted octanol–water partition coefficient (Wildman–Crippen LogP) is 2.50. The van der Waals surface area contributed by atoms with Crippen LogP contribution >= 0.6 is 11.6 Å². The van der Waals surface area contributed by atoms with Crippen molar-refractivity contribution in [2.24, 2.45) is 0 Å². The molecule has 0 aromatic heterocycles. The SMILES string of the molecule is COc1ccc([C@@H](Cl)C#N)cc1. The van der Waals surface area contributed by atoms with Crippen LogP contribution in [0.4, 0.5) is 0 Å². The number of rotatable bonds is 2. The van der Waals surface area contributed by atoms with E-state index in [9.17, 15) is 0 Å². The minimum absolute atomic E-state index is 0.573. The lowest BCUT2D eigenvalue weighted by Gasteiger charge is -2.02. The second-order valence-corrected chi connectivity index (χ2v) is 2.70. The predicted molar refractivity (Wildman–Crippen MR) is 47.2 cm³/mol. The highest BCUT2D eigenvalue weighted by atomic mass is 35.5. The van der Waals surface area contributed by atoms with Crippen molar-refractivity contribution in [2.75, 3.05) is 7.11 Å². The van der Waals surface area contributed by atoms with Gasteiger partial charge in [-0.2, -0.15) is 5.26 Å². The molecule has 0 saturated carbocycles. The molecule has 0 amide bonds. The van der Waals surface area contributed by atoms with Gasteiger partial charge in [0.15, 0.2) is 0 Å². The first-order chi connectivity index (χ1) is 5.77. The zero-order valence-corrected chi connectivity index (χ0v) is 7.38. The van der Waals surface area contributed by atoms with Gasteiger partial charge in [0.2, 0.25) is 0 Å². The first-order valence-corrected chi connectivity index (χ1v) is 3.89. The number of halogens is 1. The highest BCUT2D eigenvalue weighted by molar-refractivity contribution is 6.22. The highest BCUT2D eigenvalue weighted by Gasteiger charge is 2.04. The van der Waals surface area contributed by atoms with E-state index in [0.717, 1.165) is 11.3 Å². The third-order valence-electron chi connectivity index (χ3n) is 1.52. The first-order valence-electron chi connectivity index (χ1n) is 3.45. The molecular weight excluding hydrogens is 174 g/mol. The molecule has 1 aromatic rings. The maximum Gasteiger partial charge on any atom is 0.145 e. The summed E-state index contributed by atoms with van der Waals surface area (Å²) in [5, 5.41) is 7.93. The Morgan fingerprint density at radius 1 is 1.42 bits per heavy atom. The Morgan fingerprint density at radius 2 is 2.00 bits per heavy atom. The number of ether oxygens (including phenoxy) is 1. The van der Waals surface area contributed by atoms with Gasteiger partial charge >= 0.3 is 0 Å². The summed E-state index contributed by atoms with van der Waals surface area (Å²) < 4.78 is 4.96. The average Bonchev–Trinajstić information content (AvgIpc) is 2.17. The fourth-order valence-electron chi connectivity index (χ4n) is 0.847. The monoisotopic (exact) mass is 181 g/mol. The van der Waals surface area contributed by atoms with Gasteiger partial charge in [-0.1, -0.05) is 12.1 Å². The van der Waals surface area contributed by atoms with Gasteiger partial charge in [-0.25, -0.2) is 0 Å². The molecule has 0 N–H and O–H groups in total. The Bertz CT molecular complexity index is 288. The largest absolute Gasteiger partial charge is 0.497 e. The van der Waals surface area contributed by atoms with E-state index in [1.165, 1.54) is 0 Å². The van der Waals surface area contributed by atoms with Crippen LogP contribution in [0, 0.1) is 11.3 Å². The van der Waals surface area contributed by atoms with Crippen LogP contribution in [0.1, 0.15) is 10.9 Å². The van der Waals surface area contributed by atoms with E-state index in [1.807, 2.05) is 6.07 Å². The van der Waals surface area contributed by atoms with Crippen molar-refractivity contribution in [3.8, 4) is 11.8 Å². The third-order valence-corrected chi connectivity index (χ3v) is 1.87. The quantitative estimate of drug-likeness (QED) is 0.657. The fourth-order valence-corrected chi connectivity index (χ4v) is 0.993. The van der Waals surface area contributed by atoms with E-state index in [0.29, 0.717) is 0 Å². The second-order valence-electron chi connectivity index (χ2n) is 2.26. The van der Waals surface area contributed by atoms with Gasteiger partial charge in [0, 0.05) is 0 Å². The van der Waals surface area contributed by atoms with E-state index in [-0.39, 0.29) is 0 Å². The van der Waals surface area contributed by atoms with E-state index >= 15 is 0 Å². The summed E-state index contributed by atoms with van der Waals surface area (Å²) in [6, 6.07) is 9.06. The van der Waals surface area contributed by atoms with Crippen molar-refractivity contribution in [3.05, 3.63) is 29.8 Å². The van der Waals surface area contributed by atoms with Crippen molar-refractivity contribution in [1.82, 2.24) is 0 Å². The minimum Gasteiger partial charge on any atom is -0.497 e. The van der Waals surface area contributed by atoms with Crippen LogP contribution in [-0.4, -0.2) is 7.11 Å². The summed E-state index contributed by atoms with van der Waals surface area (Å²) >= 11 is 5.68. The molecule has 62 valence electrons. The molecule has 3 heteroatoms. The van der Waals surface area contributed by atoms with Crippen LogP contribution in [0.5, 0.6) is 5.75 Å². The molecule has 0 saturated heterocycles. The van der Waals surface area contributed by atoms with Crippen molar-refractivity contribution in [2.45, 2.75) is 5.38 Å². The van der Waals surface area contributed by atoms with Gasteiger partial charge in [-0.15, -0.1) is 11.6 Å². The lowest BCUT2D eigenvalue weighted by molar-refractivity contribution is 0.414. The minimum atomic E-state index is -0.573. The topological polar surface area (TPSA) is 33.0 Å². The molecular formula is C9H8ClNO. The molecule has 0 aliphatic carbocycles. The molecule has 1 atom stereocenters. The van der Waals surface area contributed by atoms with Gasteiger partial charge in [-0.3, -0.25) is 0 Å². The summed E-state index contributed by atoms with van der Waals surface area (Å²) in [4.78, 5) is 0. The maximum atomic E-state index is 8.50. The first kappa shape index (κ1) is 8.89. The summed E-state index contributed by atoms with van der Waals surface area (Å²) in [6.07, 6.45) is 0. The summed E-state index contributed by atoms with van der Waals surface area (Å²) in [5.41, 5.74) is 0.792. The number of hydrogen-bond donors (Lipinski definition) is 0. The van der Waals surface area contributed by atoms with E-state index < -0.39 is 5.38 Å². The lowest BCUT2D eigenvalue weighted by atomic mass is 10.1. The molecule has 0 aliphatic rings. The smallest absolute Gasteiger partial charge is 0.145 e. The summed E-state index contributed by atoms with van der Waals surface area (Å²) in [5.74, 6) is 0.764. The van der Waals surface area contributed by atoms with Crippen LogP contribution < -0.4 is 4.74 Å². The Kier molecular flexibility index (Phi) is 2.95. The van der Waals surface area contributed by atoms with Gasteiger partial charge in [0.05, 0.1) is 13.2 Å². The van der Waals surface area contributed by atoms with Crippen molar-refractivity contribution in [3.63, 3.8) is 0 Å². The van der Waals surface area contributed by atoms with Gasteiger partial charge in [0.1, 0.15) is 11.1 Å². The number of nitrogens with zero attached hydrogens (tertiary/aromatic N) is 1. The molecule has 0 fully saturated rings. The van der Waals surface area contributed by atoms with Gasteiger partial charge < -0.3 is 4.74 Å². The molecule has 0 spiro atoms. The Hall–Kier alpha value is -1.20. The van der Waals surface area contributed by atoms with E-state index in [2.05, 4.69) is 0 Å². The zero-order valence-electron chi connectivity index (χ0n) is 6.62. The molecule has 0 unspecified atom stereocenters. The second kappa shape index (κ2) is 3.99. The van der Waals surface area contributed by atoms with Crippen molar-refractivity contribution < 1.29 is 4.74 Å². The third kappa shape index (κ3) is 1.90. The lowest BCUT2D eigenvalue weighted by Crippen LogP contribution is -1.87. The number of methoxy groups -OCH3 is 1. The Morgan fingerprint density at radius 3 is 2.42 bits per heavy atom. The van der Waals surface area contributed by atoms with Crippen LogP contribution in [0.25, 0.3) is 0 Å². The Labute approximate surface area is 76.3 Å². The van der Waals surface area contributed by atoms with Crippen LogP contribution in [0.2, 0.25) is 0 Å². The maximum absolute atomic E-state index is 8.50. The number of alkyl halides is 1. The zero-order chi connectivity index (χ0) is 8.97. The van der Waals surface area contributed by atoms with Crippen molar-refractivity contribution in [1.29, 1.82) is 5.26 Å². The number of hydrogen-bond acceptors (Lipinski definition) is 2. The molecule has 0 radical (unpaired) electrons. The molecule has 1 rings (SSSR count). The fraction of sp³-hybridized carbons (Fsp3) is 0.222. The highest BCUT2D eigenvalue weighted by Crippen LogP contribution is 2.21. The van der Waals surface area contributed by atoms with Crippen molar-refractivity contribution >= 4 is 11.6 Å². The molecule has 0 heterocycles. The molecule has 0 aliphatic heterocycles. The number of nitriles is 1. The number of benzene rings is 1. The molecule has 1 aromatic carbocycles. The normalized spacial score (nSPS) is 11.8. The standard InChI is InChI=1S/C9H8ClNO/c1-12-8-4-2-7(3-5-8)9(10)6-11/h2-5,9H,1H3/t9-/m0/s1. The van der Waals surface area contributed by atoms with Crippen LogP contribution in [0.3, 0.4) is 0 Å². The molecule has 0 bridgehead atoms. The summed E-state index contributed by atoms with van der Waals surface area (Å²) in [7, 11) is 1.59.